The molecule has 0 spiro atoms. The van der Waals surface area contributed by atoms with E-state index in [4.69, 9.17) is 9.47 Å². The summed E-state index contributed by atoms with van der Waals surface area (Å²) in [7, 11) is -1.30. The van der Waals surface area contributed by atoms with Crippen molar-refractivity contribution in [1.29, 1.82) is 0 Å². The van der Waals surface area contributed by atoms with Gasteiger partial charge in [0.2, 0.25) is 0 Å². The van der Waals surface area contributed by atoms with Gasteiger partial charge in [-0.05, 0) is 38.1 Å². The van der Waals surface area contributed by atoms with Crippen LogP contribution in [0.1, 0.15) is 24.2 Å². The largest absolute Gasteiger partial charge is 0.452 e. The van der Waals surface area contributed by atoms with Gasteiger partial charge >= 0.3 is 5.97 Å². The number of carbonyl (C=O) groups is 2. The third-order valence-electron chi connectivity index (χ3n) is 4.08. The number of carbonyl (C=O) groups excluding carboxylic acids is 2. The Hall–Kier alpha value is -2.01. The van der Waals surface area contributed by atoms with Gasteiger partial charge in [-0.1, -0.05) is 4.47 Å². The van der Waals surface area contributed by atoms with Crippen LogP contribution in [0.2, 0.25) is 0 Å². The van der Waals surface area contributed by atoms with E-state index in [1.165, 1.54) is 38.4 Å². The lowest BCUT2D eigenvalue weighted by Crippen LogP contribution is -2.49. The van der Waals surface area contributed by atoms with E-state index in [0.29, 0.717) is 17.6 Å². The van der Waals surface area contributed by atoms with Gasteiger partial charge in [0.1, 0.15) is 0 Å². The van der Waals surface area contributed by atoms with Crippen molar-refractivity contribution < 1.29 is 32.3 Å². The Kier molecular flexibility index (Phi) is 6.93. The number of rotatable bonds is 6. The van der Waals surface area contributed by atoms with Gasteiger partial charge in [-0.15, -0.1) is 0 Å². The van der Waals surface area contributed by atoms with Crippen molar-refractivity contribution in [2.75, 3.05) is 33.9 Å². The topological polar surface area (TPSA) is 102 Å². The first kappa shape index (κ1) is 21.3. The second-order valence-electron chi connectivity index (χ2n) is 6.25. The molecule has 9 nitrogen and oxygen atoms in total. The Morgan fingerprint density at radius 1 is 1.19 bits per heavy atom. The second kappa shape index (κ2) is 8.79. The quantitative estimate of drug-likeness (QED) is 0.510. The number of hydrogen-bond acceptors (Lipinski definition) is 7. The Labute approximate surface area is 158 Å². The van der Waals surface area contributed by atoms with Gasteiger partial charge in [0.15, 0.2) is 6.61 Å². The summed E-state index contributed by atoms with van der Waals surface area (Å²) in [5.74, 6) is -1.01. The molecule has 1 aromatic carbocycles. The summed E-state index contributed by atoms with van der Waals surface area (Å²) in [5.41, 5.74) is 0.144. The van der Waals surface area contributed by atoms with Crippen LogP contribution in [0.4, 0.5) is 0 Å². The van der Waals surface area contributed by atoms with E-state index in [9.17, 15) is 18.0 Å². The van der Waals surface area contributed by atoms with E-state index in [-0.39, 0.29) is 35.2 Å². The zero-order valence-corrected chi connectivity index (χ0v) is 16.6. The van der Waals surface area contributed by atoms with Gasteiger partial charge < -0.3 is 14.4 Å². The molecule has 0 bridgehead atoms. The molecule has 1 heterocycles. The standard InChI is InChI=1S/C17H24N2O7S/c1-12-9-19(10-13(2)26-12)16(20)11-25-17(21)14-5-7-15(8-6-14)27(22,23)18(3)24-4/h5-8,12-13H,9-11H2,1-4H3/t12-,13-/m0/s1. The van der Waals surface area contributed by atoms with Crippen molar-refractivity contribution in [3.8, 4) is 0 Å². The lowest BCUT2D eigenvalue weighted by atomic mass is 10.2. The van der Waals surface area contributed by atoms with E-state index in [2.05, 4.69) is 4.84 Å². The number of hydrogen-bond donors (Lipinski definition) is 0. The first-order chi connectivity index (χ1) is 12.6. The molecule has 1 aliphatic heterocycles. The normalized spacial score (nSPS) is 20.6. The van der Waals surface area contributed by atoms with Gasteiger partial charge in [0.05, 0.1) is 29.8 Å². The number of esters is 1. The summed E-state index contributed by atoms with van der Waals surface area (Å²) in [6, 6.07) is 5.19. The lowest BCUT2D eigenvalue weighted by Gasteiger charge is -2.35. The molecule has 2 rings (SSSR count). The van der Waals surface area contributed by atoms with Crippen LogP contribution in [0.15, 0.2) is 29.2 Å². The molecule has 0 unspecified atom stereocenters. The molecule has 0 radical (unpaired) electrons. The predicted molar refractivity (Wildman–Crippen MR) is 95.3 cm³/mol. The van der Waals surface area contributed by atoms with E-state index in [1.54, 1.807) is 4.90 Å². The highest BCUT2D eigenvalue weighted by Crippen LogP contribution is 2.16. The van der Waals surface area contributed by atoms with Crippen LogP contribution in [0.25, 0.3) is 0 Å². The number of sulfonamides is 1. The first-order valence-corrected chi connectivity index (χ1v) is 9.82. The average Bonchev–Trinajstić information content (AvgIpc) is 2.64. The predicted octanol–water partition coefficient (Wildman–Crippen LogP) is 0.661. The molecule has 10 heteroatoms. The van der Waals surface area contributed by atoms with E-state index in [0.717, 1.165) is 0 Å². The zero-order chi connectivity index (χ0) is 20.2. The molecule has 0 N–H and O–H groups in total. The molecule has 1 amide bonds. The lowest BCUT2D eigenvalue weighted by molar-refractivity contribution is -0.146. The molecular formula is C17H24N2O7S. The van der Waals surface area contributed by atoms with Crippen molar-refractivity contribution >= 4 is 21.9 Å². The summed E-state index contributed by atoms with van der Waals surface area (Å²) in [6.07, 6.45) is -0.152. The maximum absolute atomic E-state index is 12.2. The fourth-order valence-corrected chi connectivity index (χ4v) is 3.67. The van der Waals surface area contributed by atoms with Crippen LogP contribution in [0.3, 0.4) is 0 Å². The fraction of sp³-hybridized carbons (Fsp3) is 0.529. The molecule has 1 saturated heterocycles. The van der Waals surface area contributed by atoms with Crippen LogP contribution in [0.5, 0.6) is 0 Å². The Morgan fingerprint density at radius 3 is 2.26 bits per heavy atom. The highest BCUT2D eigenvalue weighted by molar-refractivity contribution is 7.89. The summed E-state index contributed by atoms with van der Waals surface area (Å²) >= 11 is 0. The highest BCUT2D eigenvalue weighted by Gasteiger charge is 2.26. The minimum absolute atomic E-state index is 0.0317. The third kappa shape index (κ3) is 5.25. The minimum Gasteiger partial charge on any atom is -0.452 e. The molecular weight excluding hydrogens is 376 g/mol. The number of hydroxylamine groups is 1. The maximum Gasteiger partial charge on any atom is 0.338 e. The number of morpholine rings is 1. The minimum atomic E-state index is -3.80. The Balaban J connectivity index is 1.95. The van der Waals surface area contributed by atoms with E-state index >= 15 is 0 Å². The summed E-state index contributed by atoms with van der Waals surface area (Å²) in [5, 5.41) is 0. The van der Waals surface area contributed by atoms with Crippen molar-refractivity contribution in [2.24, 2.45) is 0 Å². The smallest absolute Gasteiger partial charge is 0.338 e. The Bertz CT molecular complexity index is 769. The molecule has 0 aromatic heterocycles. The van der Waals surface area contributed by atoms with Crippen molar-refractivity contribution in [3.63, 3.8) is 0 Å². The number of benzene rings is 1. The van der Waals surface area contributed by atoms with Gasteiger partial charge in [-0.3, -0.25) is 9.63 Å². The second-order valence-corrected chi connectivity index (χ2v) is 8.19. The Morgan fingerprint density at radius 2 is 1.74 bits per heavy atom. The fourth-order valence-electron chi connectivity index (χ4n) is 2.69. The first-order valence-electron chi connectivity index (χ1n) is 8.38. The number of amides is 1. The molecule has 0 aliphatic carbocycles. The summed E-state index contributed by atoms with van der Waals surface area (Å²) in [6.45, 7) is 4.25. The molecule has 1 fully saturated rings. The average molecular weight is 400 g/mol. The van der Waals surface area contributed by atoms with Crippen molar-refractivity contribution in [1.82, 2.24) is 9.37 Å². The van der Waals surface area contributed by atoms with Crippen molar-refractivity contribution in [2.45, 2.75) is 31.0 Å². The molecule has 2 atom stereocenters. The van der Waals surface area contributed by atoms with Crippen LogP contribution in [-0.4, -0.2) is 75.7 Å². The van der Waals surface area contributed by atoms with Gasteiger partial charge in [-0.25, -0.2) is 13.2 Å². The molecule has 1 aromatic rings. The number of ether oxygens (including phenoxy) is 2. The van der Waals surface area contributed by atoms with Gasteiger partial charge in [0, 0.05) is 20.1 Å². The van der Waals surface area contributed by atoms with Gasteiger partial charge in [-0.2, -0.15) is 0 Å². The molecule has 0 saturated carbocycles. The zero-order valence-electron chi connectivity index (χ0n) is 15.7. The van der Waals surface area contributed by atoms with E-state index in [1.807, 2.05) is 13.8 Å². The highest BCUT2D eigenvalue weighted by atomic mass is 32.2. The molecule has 27 heavy (non-hydrogen) atoms. The van der Waals surface area contributed by atoms with Crippen molar-refractivity contribution in [3.05, 3.63) is 29.8 Å². The number of nitrogens with zero attached hydrogens (tertiary/aromatic N) is 2. The third-order valence-corrected chi connectivity index (χ3v) is 5.78. The van der Waals surface area contributed by atoms with Crippen LogP contribution in [0, 0.1) is 0 Å². The van der Waals surface area contributed by atoms with Gasteiger partial charge in [0.25, 0.3) is 15.9 Å². The van der Waals surface area contributed by atoms with Crippen LogP contribution >= 0.6 is 0 Å². The van der Waals surface area contributed by atoms with Crippen LogP contribution in [-0.2, 0) is 29.1 Å². The molecule has 1 aliphatic rings. The van der Waals surface area contributed by atoms with E-state index < -0.39 is 16.0 Å². The van der Waals surface area contributed by atoms with Crippen LogP contribution < -0.4 is 0 Å². The SMILES string of the molecule is CON(C)S(=O)(=O)c1ccc(C(=O)OCC(=O)N2C[C@H](C)O[C@@H](C)C2)cc1. The maximum atomic E-state index is 12.2. The molecule has 150 valence electrons. The summed E-state index contributed by atoms with van der Waals surface area (Å²) < 4.78 is 35.5. The monoisotopic (exact) mass is 400 g/mol. The summed E-state index contributed by atoms with van der Waals surface area (Å²) in [4.78, 5) is 30.6.